The molecule has 0 aliphatic carbocycles. The lowest BCUT2D eigenvalue weighted by atomic mass is 9.97. The van der Waals surface area contributed by atoms with Gasteiger partial charge in [0.1, 0.15) is 12.2 Å². The molecule has 1 N–H and O–H groups in total. The van der Waals surface area contributed by atoms with Crippen molar-refractivity contribution in [1.29, 1.82) is 0 Å². The molecule has 0 spiro atoms. The molecule has 0 radical (unpaired) electrons. The zero-order valence-electron chi connectivity index (χ0n) is 14.5. The molecular weight excluding hydrogens is 286 g/mol. The third kappa shape index (κ3) is 5.48. The van der Waals surface area contributed by atoms with Crippen LogP contribution in [0.3, 0.4) is 0 Å². The molecule has 128 valence electrons. The predicted octanol–water partition coefficient (Wildman–Crippen LogP) is 2.19. The number of carbonyl (C=O) groups excluding carboxylic acids is 2. The molecule has 1 fully saturated rings. The molecule has 0 saturated carbocycles. The van der Waals surface area contributed by atoms with Crippen LogP contribution >= 0.6 is 0 Å². The smallest absolute Gasteiger partial charge is 0.410 e. The van der Waals surface area contributed by atoms with E-state index >= 15 is 0 Å². The number of rotatable bonds is 3. The van der Waals surface area contributed by atoms with Crippen molar-refractivity contribution in [3.05, 3.63) is 0 Å². The summed E-state index contributed by atoms with van der Waals surface area (Å²) in [6.07, 6.45) is 0.174. The summed E-state index contributed by atoms with van der Waals surface area (Å²) in [5.41, 5.74) is -1.16. The van der Waals surface area contributed by atoms with E-state index in [1.165, 1.54) is 0 Å². The second-order valence-corrected chi connectivity index (χ2v) is 7.92. The molecule has 0 unspecified atom stereocenters. The van der Waals surface area contributed by atoms with Gasteiger partial charge >= 0.3 is 12.1 Å². The van der Waals surface area contributed by atoms with Crippen LogP contribution in [0.25, 0.3) is 0 Å². The van der Waals surface area contributed by atoms with E-state index in [-0.39, 0.29) is 31.1 Å². The highest BCUT2D eigenvalue weighted by Gasteiger charge is 2.38. The lowest BCUT2D eigenvalue weighted by Crippen LogP contribution is -2.42. The van der Waals surface area contributed by atoms with Gasteiger partial charge in [-0.1, -0.05) is 0 Å². The van der Waals surface area contributed by atoms with Crippen molar-refractivity contribution < 1.29 is 24.2 Å². The van der Waals surface area contributed by atoms with Crippen LogP contribution in [0.1, 0.15) is 48.0 Å². The van der Waals surface area contributed by atoms with Gasteiger partial charge in [0.2, 0.25) is 0 Å². The van der Waals surface area contributed by atoms with E-state index in [1.807, 2.05) is 0 Å². The molecule has 1 amide bonds. The van der Waals surface area contributed by atoms with Gasteiger partial charge in [0.05, 0.1) is 11.5 Å². The molecule has 2 atom stereocenters. The van der Waals surface area contributed by atoms with E-state index in [1.54, 1.807) is 46.4 Å². The van der Waals surface area contributed by atoms with Crippen LogP contribution < -0.4 is 0 Å². The summed E-state index contributed by atoms with van der Waals surface area (Å²) < 4.78 is 10.7. The Labute approximate surface area is 132 Å². The predicted molar refractivity (Wildman–Crippen MR) is 82.3 cm³/mol. The first-order valence-corrected chi connectivity index (χ1v) is 7.71. The maximum Gasteiger partial charge on any atom is 0.410 e. The second kappa shape index (κ2) is 6.86. The Morgan fingerprint density at radius 2 is 1.77 bits per heavy atom. The van der Waals surface area contributed by atoms with Crippen LogP contribution in [0.15, 0.2) is 0 Å². The number of aliphatic hydroxyl groups is 1. The molecule has 0 aromatic carbocycles. The SMILES string of the molecule is CC(C)(C)OC(=O)N1C[C@@H](CO)C[C@H]1COC(=O)C(C)(C)C. The molecule has 6 heteroatoms. The summed E-state index contributed by atoms with van der Waals surface area (Å²) in [5, 5.41) is 9.34. The van der Waals surface area contributed by atoms with Crippen LogP contribution in [0.4, 0.5) is 4.79 Å². The van der Waals surface area contributed by atoms with Crippen molar-refractivity contribution in [2.24, 2.45) is 11.3 Å². The molecule has 1 aliphatic heterocycles. The Morgan fingerprint density at radius 1 is 1.18 bits per heavy atom. The van der Waals surface area contributed by atoms with Gasteiger partial charge in [-0.25, -0.2) is 4.79 Å². The molecular formula is C16H29NO5. The Bertz CT molecular complexity index is 408. The fraction of sp³-hybridized carbons (Fsp3) is 0.875. The third-order valence-corrected chi connectivity index (χ3v) is 3.41. The number of likely N-dealkylation sites (tertiary alicyclic amines) is 1. The van der Waals surface area contributed by atoms with Gasteiger partial charge < -0.3 is 19.5 Å². The topological polar surface area (TPSA) is 76.1 Å². The molecule has 0 aromatic rings. The van der Waals surface area contributed by atoms with Crippen LogP contribution in [-0.2, 0) is 14.3 Å². The molecule has 22 heavy (non-hydrogen) atoms. The van der Waals surface area contributed by atoms with E-state index in [0.29, 0.717) is 13.0 Å². The summed E-state index contributed by atoms with van der Waals surface area (Å²) in [5.74, 6) is -0.310. The minimum Gasteiger partial charge on any atom is -0.463 e. The lowest BCUT2D eigenvalue weighted by molar-refractivity contribution is -0.154. The number of hydrogen-bond donors (Lipinski definition) is 1. The summed E-state index contributed by atoms with van der Waals surface area (Å²) in [6.45, 7) is 11.3. The van der Waals surface area contributed by atoms with E-state index < -0.39 is 17.1 Å². The number of aliphatic hydroxyl groups excluding tert-OH is 1. The average molecular weight is 315 g/mol. The Hall–Kier alpha value is -1.30. The van der Waals surface area contributed by atoms with Gasteiger partial charge in [-0.15, -0.1) is 0 Å². The largest absolute Gasteiger partial charge is 0.463 e. The van der Waals surface area contributed by atoms with Crippen molar-refractivity contribution in [2.75, 3.05) is 19.8 Å². The molecule has 0 bridgehead atoms. The molecule has 1 aliphatic rings. The first-order valence-electron chi connectivity index (χ1n) is 7.71. The monoisotopic (exact) mass is 315 g/mol. The highest BCUT2D eigenvalue weighted by molar-refractivity contribution is 5.75. The first-order chi connectivity index (χ1) is 9.94. The summed E-state index contributed by atoms with van der Waals surface area (Å²) in [4.78, 5) is 25.7. The quantitative estimate of drug-likeness (QED) is 0.808. The second-order valence-electron chi connectivity index (χ2n) is 7.92. The van der Waals surface area contributed by atoms with Crippen LogP contribution in [-0.4, -0.2) is 53.5 Å². The van der Waals surface area contributed by atoms with Gasteiger partial charge in [0.25, 0.3) is 0 Å². The number of esters is 1. The van der Waals surface area contributed by atoms with Crippen molar-refractivity contribution in [1.82, 2.24) is 4.90 Å². The zero-order valence-corrected chi connectivity index (χ0v) is 14.5. The first kappa shape index (κ1) is 18.7. The Morgan fingerprint density at radius 3 is 2.23 bits per heavy atom. The number of hydrogen-bond acceptors (Lipinski definition) is 5. The Balaban J connectivity index is 2.69. The summed E-state index contributed by atoms with van der Waals surface area (Å²) >= 11 is 0. The normalized spacial score (nSPS) is 22.6. The van der Waals surface area contributed by atoms with E-state index in [2.05, 4.69) is 0 Å². The number of nitrogens with zero attached hydrogens (tertiary/aromatic N) is 1. The molecule has 1 heterocycles. The van der Waals surface area contributed by atoms with Crippen LogP contribution in [0.2, 0.25) is 0 Å². The van der Waals surface area contributed by atoms with E-state index in [4.69, 9.17) is 9.47 Å². The van der Waals surface area contributed by atoms with E-state index in [9.17, 15) is 14.7 Å². The van der Waals surface area contributed by atoms with Gasteiger partial charge in [-0.05, 0) is 48.0 Å². The minimum absolute atomic E-state index is 0.00299. The summed E-state index contributed by atoms with van der Waals surface area (Å²) in [6, 6.07) is -0.252. The van der Waals surface area contributed by atoms with Gasteiger partial charge in [-0.2, -0.15) is 0 Å². The van der Waals surface area contributed by atoms with Crippen molar-refractivity contribution in [3.8, 4) is 0 Å². The number of amides is 1. The van der Waals surface area contributed by atoms with Crippen molar-refractivity contribution >= 4 is 12.1 Å². The standard InChI is InChI=1S/C16H29NO5/c1-15(2,3)13(19)21-10-12-7-11(9-18)8-17(12)14(20)22-16(4,5)6/h11-12,18H,7-10H2,1-6H3/t11-,12-/m0/s1. The van der Waals surface area contributed by atoms with Gasteiger partial charge in [0, 0.05) is 19.1 Å². The highest BCUT2D eigenvalue weighted by Crippen LogP contribution is 2.26. The maximum atomic E-state index is 12.3. The zero-order chi connectivity index (χ0) is 17.1. The molecule has 1 saturated heterocycles. The van der Waals surface area contributed by atoms with Gasteiger partial charge in [-0.3, -0.25) is 4.79 Å². The van der Waals surface area contributed by atoms with Gasteiger partial charge in [0.15, 0.2) is 0 Å². The molecule has 1 rings (SSSR count). The lowest BCUT2D eigenvalue weighted by Gasteiger charge is -2.29. The molecule has 0 aromatic heterocycles. The fourth-order valence-electron chi connectivity index (χ4n) is 2.24. The highest BCUT2D eigenvalue weighted by atomic mass is 16.6. The summed E-state index contributed by atoms with van der Waals surface area (Å²) in [7, 11) is 0. The number of ether oxygens (including phenoxy) is 2. The van der Waals surface area contributed by atoms with Crippen LogP contribution in [0, 0.1) is 11.3 Å². The van der Waals surface area contributed by atoms with Crippen LogP contribution in [0.5, 0.6) is 0 Å². The average Bonchev–Trinajstić information content (AvgIpc) is 2.76. The molecule has 6 nitrogen and oxygen atoms in total. The van der Waals surface area contributed by atoms with Crippen molar-refractivity contribution in [2.45, 2.75) is 59.6 Å². The van der Waals surface area contributed by atoms with Crippen molar-refractivity contribution in [3.63, 3.8) is 0 Å². The minimum atomic E-state index is -0.582. The van der Waals surface area contributed by atoms with E-state index in [0.717, 1.165) is 0 Å². The number of carbonyl (C=O) groups is 2. The third-order valence-electron chi connectivity index (χ3n) is 3.41. The fourth-order valence-corrected chi connectivity index (χ4v) is 2.24. The Kier molecular flexibility index (Phi) is 5.84. The maximum absolute atomic E-state index is 12.3.